The van der Waals surface area contributed by atoms with Gasteiger partial charge in [-0.3, -0.25) is 4.79 Å². The molecule has 0 aromatic rings. The quantitative estimate of drug-likeness (QED) is 0.693. The summed E-state index contributed by atoms with van der Waals surface area (Å²) in [5.41, 5.74) is 0. The van der Waals surface area contributed by atoms with Crippen molar-refractivity contribution >= 4 is 16.2 Å². The normalized spacial score (nSPS) is 21.4. The molecule has 0 saturated carbocycles. The molecule has 106 valence electrons. The van der Waals surface area contributed by atoms with Gasteiger partial charge in [-0.2, -0.15) is 17.4 Å². The van der Waals surface area contributed by atoms with Crippen molar-refractivity contribution in [2.24, 2.45) is 5.92 Å². The predicted octanol–water partition coefficient (Wildman–Crippen LogP) is -0.348. The third-order valence-electron chi connectivity index (χ3n) is 3.06. The lowest BCUT2D eigenvalue weighted by molar-refractivity contribution is -0.140. The first kappa shape index (κ1) is 15.4. The number of hydrogen-bond donors (Lipinski definition) is 2. The van der Waals surface area contributed by atoms with Crippen LogP contribution in [-0.4, -0.2) is 56.1 Å². The van der Waals surface area contributed by atoms with Crippen LogP contribution in [-0.2, 0) is 19.7 Å². The van der Waals surface area contributed by atoms with E-state index in [-0.39, 0.29) is 19.0 Å². The van der Waals surface area contributed by atoms with Crippen LogP contribution in [0.2, 0.25) is 0 Å². The molecule has 7 nitrogen and oxygen atoms in total. The standard InChI is InChI=1S/C10H20N2O5S/c1-3-8(2)9(10(13)14)11-18(15,16)12-4-6-17-7-5-12/h8-9,11H,3-7H2,1-2H3,(H,13,14). The molecule has 1 saturated heterocycles. The molecule has 1 fully saturated rings. The number of nitrogens with one attached hydrogen (secondary N) is 1. The van der Waals surface area contributed by atoms with E-state index in [1.54, 1.807) is 6.92 Å². The highest BCUT2D eigenvalue weighted by molar-refractivity contribution is 7.87. The van der Waals surface area contributed by atoms with Gasteiger partial charge in [-0.1, -0.05) is 20.3 Å². The zero-order valence-electron chi connectivity index (χ0n) is 10.6. The first-order chi connectivity index (χ1) is 8.38. The van der Waals surface area contributed by atoms with Gasteiger partial charge in [0, 0.05) is 13.1 Å². The molecule has 0 amide bonds. The molecule has 0 bridgehead atoms. The predicted molar refractivity (Wildman–Crippen MR) is 65.3 cm³/mol. The van der Waals surface area contributed by atoms with Crippen LogP contribution >= 0.6 is 0 Å². The second-order valence-corrected chi connectivity index (χ2v) is 6.04. The van der Waals surface area contributed by atoms with Crippen LogP contribution in [0.4, 0.5) is 0 Å². The largest absolute Gasteiger partial charge is 0.480 e. The summed E-state index contributed by atoms with van der Waals surface area (Å²) in [4.78, 5) is 11.1. The summed E-state index contributed by atoms with van der Waals surface area (Å²) in [7, 11) is -3.76. The van der Waals surface area contributed by atoms with E-state index in [9.17, 15) is 13.2 Å². The number of ether oxygens (including phenoxy) is 1. The smallest absolute Gasteiger partial charge is 0.322 e. The zero-order chi connectivity index (χ0) is 13.8. The fourth-order valence-corrected chi connectivity index (χ4v) is 3.10. The molecule has 0 radical (unpaired) electrons. The molecule has 0 aromatic carbocycles. The highest BCUT2D eigenvalue weighted by Gasteiger charge is 2.32. The minimum absolute atomic E-state index is 0.252. The zero-order valence-corrected chi connectivity index (χ0v) is 11.4. The van der Waals surface area contributed by atoms with Gasteiger partial charge in [-0.05, 0) is 5.92 Å². The Kier molecular flexibility index (Phi) is 5.51. The van der Waals surface area contributed by atoms with Crippen LogP contribution in [0.15, 0.2) is 0 Å². The van der Waals surface area contributed by atoms with Crippen molar-refractivity contribution < 1.29 is 23.1 Å². The lowest BCUT2D eigenvalue weighted by Gasteiger charge is -2.29. The minimum atomic E-state index is -3.76. The van der Waals surface area contributed by atoms with Crippen molar-refractivity contribution in [3.63, 3.8) is 0 Å². The summed E-state index contributed by atoms with van der Waals surface area (Å²) in [5, 5.41) is 9.07. The Morgan fingerprint density at radius 3 is 2.44 bits per heavy atom. The number of hydrogen-bond acceptors (Lipinski definition) is 4. The van der Waals surface area contributed by atoms with E-state index >= 15 is 0 Å². The number of carboxylic acids is 1. The van der Waals surface area contributed by atoms with Crippen LogP contribution in [0, 0.1) is 5.92 Å². The van der Waals surface area contributed by atoms with E-state index in [0.29, 0.717) is 19.6 Å². The number of rotatable bonds is 6. The van der Waals surface area contributed by atoms with E-state index in [2.05, 4.69) is 4.72 Å². The SMILES string of the molecule is CCC(C)C(NS(=O)(=O)N1CCOCC1)C(=O)O. The molecule has 1 rings (SSSR count). The van der Waals surface area contributed by atoms with Crippen molar-refractivity contribution in [1.29, 1.82) is 0 Å². The Balaban J connectivity index is 2.75. The Hall–Kier alpha value is -0.700. The van der Waals surface area contributed by atoms with E-state index in [1.165, 1.54) is 4.31 Å². The first-order valence-electron chi connectivity index (χ1n) is 5.96. The molecule has 8 heteroatoms. The van der Waals surface area contributed by atoms with Gasteiger partial charge in [-0.25, -0.2) is 0 Å². The lowest BCUT2D eigenvalue weighted by atomic mass is 10.0. The highest BCUT2D eigenvalue weighted by Crippen LogP contribution is 2.11. The van der Waals surface area contributed by atoms with Gasteiger partial charge in [0.2, 0.25) is 0 Å². The summed E-state index contributed by atoms with van der Waals surface area (Å²) in [6.07, 6.45) is 0.586. The maximum atomic E-state index is 12.0. The molecule has 2 atom stereocenters. The Bertz CT molecular complexity index is 378. The fraction of sp³-hybridized carbons (Fsp3) is 0.900. The third kappa shape index (κ3) is 3.91. The molecule has 18 heavy (non-hydrogen) atoms. The number of carbonyl (C=O) groups is 1. The fourth-order valence-electron chi connectivity index (χ4n) is 1.67. The van der Waals surface area contributed by atoms with Crippen LogP contribution in [0.25, 0.3) is 0 Å². The average Bonchev–Trinajstić information content (AvgIpc) is 2.36. The van der Waals surface area contributed by atoms with E-state index < -0.39 is 22.2 Å². The number of aliphatic carboxylic acids is 1. The molecule has 2 N–H and O–H groups in total. The average molecular weight is 280 g/mol. The second kappa shape index (κ2) is 6.46. The molecule has 1 aliphatic rings. The van der Waals surface area contributed by atoms with Crippen LogP contribution in [0.5, 0.6) is 0 Å². The van der Waals surface area contributed by atoms with Gasteiger partial charge < -0.3 is 9.84 Å². The summed E-state index contributed by atoms with van der Waals surface area (Å²) in [6.45, 7) is 4.71. The third-order valence-corrected chi connectivity index (χ3v) is 4.66. The summed E-state index contributed by atoms with van der Waals surface area (Å²) >= 11 is 0. The van der Waals surface area contributed by atoms with E-state index in [4.69, 9.17) is 9.84 Å². The van der Waals surface area contributed by atoms with Crippen LogP contribution in [0.1, 0.15) is 20.3 Å². The first-order valence-corrected chi connectivity index (χ1v) is 7.40. The summed E-state index contributed by atoms with van der Waals surface area (Å²) in [6, 6.07) is -1.09. The van der Waals surface area contributed by atoms with Crippen LogP contribution < -0.4 is 4.72 Å². The number of nitrogens with zero attached hydrogens (tertiary/aromatic N) is 1. The molecular formula is C10H20N2O5S. The molecular weight excluding hydrogens is 260 g/mol. The maximum absolute atomic E-state index is 12.0. The Morgan fingerprint density at radius 2 is 2.00 bits per heavy atom. The topological polar surface area (TPSA) is 95.9 Å². The van der Waals surface area contributed by atoms with Gasteiger partial charge in [0.15, 0.2) is 0 Å². The van der Waals surface area contributed by atoms with Crippen molar-refractivity contribution in [3.05, 3.63) is 0 Å². The van der Waals surface area contributed by atoms with Crippen molar-refractivity contribution in [2.75, 3.05) is 26.3 Å². The monoisotopic (exact) mass is 280 g/mol. The van der Waals surface area contributed by atoms with Crippen molar-refractivity contribution in [2.45, 2.75) is 26.3 Å². The number of carboxylic acid groups (broad SMARTS) is 1. The minimum Gasteiger partial charge on any atom is -0.480 e. The summed E-state index contributed by atoms with van der Waals surface area (Å²) < 4.78 is 32.6. The highest BCUT2D eigenvalue weighted by atomic mass is 32.2. The Morgan fingerprint density at radius 1 is 1.44 bits per heavy atom. The van der Waals surface area contributed by atoms with Crippen LogP contribution in [0.3, 0.4) is 0 Å². The van der Waals surface area contributed by atoms with Crippen molar-refractivity contribution in [1.82, 2.24) is 9.03 Å². The lowest BCUT2D eigenvalue weighted by Crippen LogP contribution is -2.53. The molecule has 0 aliphatic carbocycles. The number of morpholine rings is 1. The molecule has 2 unspecified atom stereocenters. The van der Waals surface area contributed by atoms with Crippen molar-refractivity contribution in [3.8, 4) is 0 Å². The van der Waals surface area contributed by atoms with E-state index in [0.717, 1.165) is 0 Å². The summed E-state index contributed by atoms with van der Waals surface area (Å²) in [5.74, 6) is -1.42. The maximum Gasteiger partial charge on any atom is 0.322 e. The van der Waals surface area contributed by atoms with Gasteiger partial charge >= 0.3 is 5.97 Å². The van der Waals surface area contributed by atoms with Gasteiger partial charge in [-0.15, -0.1) is 0 Å². The van der Waals surface area contributed by atoms with Gasteiger partial charge in [0.1, 0.15) is 6.04 Å². The van der Waals surface area contributed by atoms with Gasteiger partial charge in [0.25, 0.3) is 10.2 Å². The van der Waals surface area contributed by atoms with E-state index in [1.807, 2.05) is 6.92 Å². The van der Waals surface area contributed by atoms with Gasteiger partial charge in [0.05, 0.1) is 13.2 Å². The Labute approximate surface area is 107 Å². The molecule has 1 aliphatic heterocycles. The molecule has 1 heterocycles. The molecule has 0 aromatic heterocycles. The second-order valence-electron chi connectivity index (χ2n) is 4.34. The molecule has 0 spiro atoms.